The number of aryl methyl sites for hydroxylation is 1. The molecule has 0 saturated carbocycles. The molecule has 1 aromatic carbocycles. The van der Waals surface area contributed by atoms with Crippen molar-refractivity contribution in [2.45, 2.75) is 71.8 Å². The van der Waals surface area contributed by atoms with Crippen LogP contribution in [0.3, 0.4) is 0 Å². The van der Waals surface area contributed by atoms with Crippen LogP contribution in [-0.4, -0.2) is 23.4 Å². The third-order valence-electron chi connectivity index (χ3n) is 4.85. The molecule has 0 aliphatic carbocycles. The van der Waals surface area contributed by atoms with Crippen LogP contribution in [0, 0.1) is 0 Å². The van der Waals surface area contributed by atoms with E-state index >= 15 is 0 Å². The number of ether oxygens (including phenoxy) is 2. The van der Waals surface area contributed by atoms with E-state index in [0.29, 0.717) is 24.4 Å². The molecule has 2 rings (SSSR count). The van der Waals surface area contributed by atoms with Crippen molar-refractivity contribution >= 4 is 10.9 Å². The van der Waals surface area contributed by atoms with Gasteiger partial charge in [0.25, 0.3) is 5.56 Å². The average Bonchev–Trinajstić information content (AvgIpc) is 2.66. The number of phenolic OH excluding ortho intramolecular Hbond substituents is 1. The zero-order chi connectivity index (χ0) is 19.6. The van der Waals surface area contributed by atoms with Gasteiger partial charge in [-0.2, -0.15) is 0 Å². The van der Waals surface area contributed by atoms with Crippen LogP contribution in [0.5, 0.6) is 17.2 Å². The predicted molar refractivity (Wildman–Crippen MR) is 110 cm³/mol. The van der Waals surface area contributed by atoms with E-state index < -0.39 is 0 Å². The fourth-order valence-electron chi connectivity index (χ4n) is 3.30. The molecular weight excluding hydrogens is 342 g/mol. The molecule has 150 valence electrons. The number of aromatic hydroxyl groups is 1. The van der Waals surface area contributed by atoms with Crippen LogP contribution in [0.2, 0.25) is 0 Å². The Morgan fingerprint density at radius 1 is 0.963 bits per heavy atom. The van der Waals surface area contributed by atoms with Gasteiger partial charge in [-0.05, 0) is 25.0 Å². The van der Waals surface area contributed by atoms with Crippen LogP contribution in [0.1, 0.15) is 65.2 Å². The van der Waals surface area contributed by atoms with Crippen molar-refractivity contribution in [1.29, 1.82) is 0 Å². The smallest absolute Gasteiger partial charge is 0.297 e. The van der Waals surface area contributed by atoms with Crippen molar-refractivity contribution in [3.05, 3.63) is 28.6 Å². The van der Waals surface area contributed by atoms with E-state index in [1.54, 1.807) is 22.8 Å². The monoisotopic (exact) mass is 375 g/mol. The summed E-state index contributed by atoms with van der Waals surface area (Å²) in [6.07, 6.45) is 8.83. The molecule has 0 amide bonds. The Bertz CT molecular complexity index is 782. The van der Waals surface area contributed by atoms with Crippen LogP contribution in [0.25, 0.3) is 10.9 Å². The Balaban J connectivity index is 2.35. The van der Waals surface area contributed by atoms with E-state index in [2.05, 4.69) is 13.8 Å². The molecule has 0 unspecified atom stereocenters. The van der Waals surface area contributed by atoms with Gasteiger partial charge in [0.1, 0.15) is 5.75 Å². The first-order chi connectivity index (χ1) is 13.1. The molecule has 5 nitrogen and oxygen atoms in total. The zero-order valence-corrected chi connectivity index (χ0v) is 16.9. The minimum Gasteiger partial charge on any atom is -0.508 e. The number of phenols is 1. The van der Waals surface area contributed by atoms with Gasteiger partial charge in [0.15, 0.2) is 5.75 Å². The van der Waals surface area contributed by atoms with E-state index in [4.69, 9.17) is 9.47 Å². The highest BCUT2D eigenvalue weighted by Gasteiger charge is 2.19. The van der Waals surface area contributed by atoms with Crippen LogP contribution in [0.4, 0.5) is 0 Å². The number of rotatable bonds is 12. The molecule has 1 aromatic heterocycles. The number of unbranched alkanes of at least 4 members (excludes halogenated alkanes) is 6. The molecular formula is C22H33NO4. The zero-order valence-electron chi connectivity index (χ0n) is 16.9. The third kappa shape index (κ3) is 5.41. The van der Waals surface area contributed by atoms with Crippen LogP contribution in [0.15, 0.2) is 23.0 Å². The second-order valence-corrected chi connectivity index (χ2v) is 6.99. The lowest BCUT2D eigenvalue weighted by molar-refractivity contribution is 0.288. The van der Waals surface area contributed by atoms with Crippen LogP contribution >= 0.6 is 0 Å². The van der Waals surface area contributed by atoms with Gasteiger partial charge in [-0.3, -0.25) is 4.79 Å². The maximum absolute atomic E-state index is 13.0. The number of pyridine rings is 1. The highest BCUT2D eigenvalue weighted by atomic mass is 16.5. The van der Waals surface area contributed by atoms with Gasteiger partial charge in [-0.15, -0.1) is 0 Å². The summed E-state index contributed by atoms with van der Waals surface area (Å²) in [6.45, 7) is 5.43. The first-order valence-corrected chi connectivity index (χ1v) is 10.2. The summed E-state index contributed by atoms with van der Waals surface area (Å²) in [5.41, 5.74) is 0.497. The number of hydrogen-bond acceptors (Lipinski definition) is 4. The lowest BCUT2D eigenvalue weighted by atomic mass is 10.1. The highest BCUT2D eigenvalue weighted by Crippen LogP contribution is 2.34. The molecule has 5 heteroatoms. The standard InChI is InChI=1S/C22H33NO4/c1-4-6-8-9-10-11-14-23-19-16-17(24)12-13-18(19)20(27-15-7-5-2)21(26-3)22(23)25/h12-13,16,24H,4-11,14-15H2,1-3H3. The fourth-order valence-corrected chi connectivity index (χ4v) is 3.30. The van der Waals surface area contributed by atoms with E-state index in [-0.39, 0.29) is 17.1 Å². The molecule has 0 aliphatic heterocycles. The number of nitrogens with zero attached hydrogens (tertiary/aromatic N) is 1. The molecule has 0 spiro atoms. The number of hydrogen-bond donors (Lipinski definition) is 1. The maximum Gasteiger partial charge on any atom is 0.297 e. The van der Waals surface area contributed by atoms with Gasteiger partial charge in [-0.1, -0.05) is 52.4 Å². The van der Waals surface area contributed by atoms with Gasteiger partial charge in [0.2, 0.25) is 5.75 Å². The number of benzene rings is 1. The molecule has 0 saturated heterocycles. The molecule has 0 bridgehead atoms. The summed E-state index contributed by atoms with van der Waals surface area (Å²) in [4.78, 5) is 13.0. The molecule has 1 heterocycles. The first-order valence-electron chi connectivity index (χ1n) is 10.2. The normalized spacial score (nSPS) is 11.1. The first kappa shape index (κ1) is 21.1. The second kappa shape index (κ2) is 10.9. The SMILES string of the molecule is CCCCCCCCn1c(=O)c(OC)c(OCCCC)c2ccc(O)cc21. The summed E-state index contributed by atoms with van der Waals surface area (Å²) in [6, 6.07) is 5.06. The Labute approximate surface area is 161 Å². The minimum atomic E-state index is -0.198. The van der Waals surface area contributed by atoms with Gasteiger partial charge in [0.05, 0.1) is 19.2 Å². The topological polar surface area (TPSA) is 60.7 Å². The summed E-state index contributed by atoms with van der Waals surface area (Å²) in [7, 11) is 1.50. The predicted octanol–water partition coefficient (Wildman–Crippen LogP) is 5.26. The second-order valence-electron chi connectivity index (χ2n) is 6.99. The summed E-state index contributed by atoms with van der Waals surface area (Å²) in [5, 5.41) is 10.8. The van der Waals surface area contributed by atoms with Crippen molar-refractivity contribution in [3.8, 4) is 17.2 Å². The van der Waals surface area contributed by atoms with Crippen molar-refractivity contribution in [2.24, 2.45) is 0 Å². The average molecular weight is 376 g/mol. The number of methoxy groups -OCH3 is 1. The van der Waals surface area contributed by atoms with Crippen molar-refractivity contribution in [3.63, 3.8) is 0 Å². The van der Waals surface area contributed by atoms with Gasteiger partial charge < -0.3 is 19.1 Å². The molecule has 27 heavy (non-hydrogen) atoms. The van der Waals surface area contributed by atoms with E-state index in [1.165, 1.54) is 32.8 Å². The lowest BCUT2D eigenvalue weighted by Crippen LogP contribution is -2.23. The van der Waals surface area contributed by atoms with Gasteiger partial charge >= 0.3 is 0 Å². The Hall–Kier alpha value is -2.17. The van der Waals surface area contributed by atoms with Gasteiger partial charge in [0, 0.05) is 18.0 Å². The molecule has 2 aromatic rings. The summed E-state index contributed by atoms with van der Waals surface area (Å²) < 4.78 is 13.0. The van der Waals surface area contributed by atoms with E-state index in [9.17, 15) is 9.90 Å². The van der Waals surface area contributed by atoms with Crippen molar-refractivity contribution in [2.75, 3.05) is 13.7 Å². The minimum absolute atomic E-state index is 0.142. The van der Waals surface area contributed by atoms with E-state index in [1.807, 2.05) is 0 Å². The Morgan fingerprint density at radius 2 is 1.67 bits per heavy atom. The molecule has 0 radical (unpaired) electrons. The number of fused-ring (bicyclic) bond motifs is 1. The summed E-state index contributed by atoms with van der Waals surface area (Å²) in [5.74, 6) is 0.865. The lowest BCUT2D eigenvalue weighted by Gasteiger charge is -2.17. The Morgan fingerprint density at radius 3 is 2.37 bits per heavy atom. The Kier molecular flexibility index (Phi) is 8.49. The summed E-state index contributed by atoms with van der Waals surface area (Å²) >= 11 is 0. The van der Waals surface area contributed by atoms with Crippen molar-refractivity contribution < 1.29 is 14.6 Å². The molecule has 0 atom stereocenters. The van der Waals surface area contributed by atoms with Crippen LogP contribution < -0.4 is 15.0 Å². The maximum atomic E-state index is 13.0. The fraction of sp³-hybridized carbons (Fsp3) is 0.591. The van der Waals surface area contributed by atoms with Crippen LogP contribution in [-0.2, 0) is 6.54 Å². The quantitative estimate of drug-likeness (QED) is 0.514. The third-order valence-corrected chi connectivity index (χ3v) is 4.85. The highest BCUT2D eigenvalue weighted by molar-refractivity contribution is 5.89. The van der Waals surface area contributed by atoms with Gasteiger partial charge in [-0.25, -0.2) is 0 Å². The number of aromatic nitrogens is 1. The van der Waals surface area contributed by atoms with E-state index in [0.717, 1.165) is 31.1 Å². The van der Waals surface area contributed by atoms with Crippen molar-refractivity contribution in [1.82, 2.24) is 4.57 Å². The molecule has 0 fully saturated rings. The largest absolute Gasteiger partial charge is 0.508 e. The molecule has 1 N–H and O–H groups in total. The molecule has 0 aliphatic rings.